The van der Waals surface area contributed by atoms with E-state index in [4.69, 9.17) is 0 Å². The average Bonchev–Trinajstić information content (AvgIpc) is 2.52. The summed E-state index contributed by atoms with van der Waals surface area (Å²) in [7, 11) is 0. The zero-order valence-electron chi connectivity index (χ0n) is 12.4. The van der Waals surface area contributed by atoms with Gasteiger partial charge in [0.25, 0.3) is 0 Å². The van der Waals surface area contributed by atoms with E-state index >= 15 is 0 Å². The number of carbonyl (C=O) groups is 1. The van der Waals surface area contributed by atoms with Gasteiger partial charge in [0.1, 0.15) is 0 Å². The summed E-state index contributed by atoms with van der Waals surface area (Å²) < 4.78 is 0. The van der Waals surface area contributed by atoms with Crippen molar-refractivity contribution < 1.29 is 9.90 Å². The first-order chi connectivity index (χ1) is 10.2. The first kappa shape index (κ1) is 14.3. The van der Waals surface area contributed by atoms with Crippen molar-refractivity contribution in [3.8, 4) is 0 Å². The standard InChI is InChI=1S/C18H23NO2/c20-17(10-9-15-6-2-1-3-7-15)19-13-12-18(21)11-5-4-8-16(18)14-19/h1-3,6-7,9-10,16,21H,4-5,8,11-14H2/b10-9+/t16-,18+/m1/s1. The van der Waals surface area contributed by atoms with Gasteiger partial charge in [0, 0.05) is 25.1 Å². The molecule has 1 heterocycles. The molecule has 0 aromatic heterocycles. The van der Waals surface area contributed by atoms with Gasteiger partial charge in [-0.25, -0.2) is 0 Å². The number of carbonyl (C=O) groups excluding carboxylic acids is 1. The predicted octanol–water partition coefficient (Wildman–Crippen LogP) is 2.85. The van der Waals surface area contributed by atoms with E-state index in [1.165, 1.54) is 6.42 Å². The van der Waals surface area contributed by atoms with Gasteiger partial charge in [-0.1, -0.05) is 43.2 Å². The lowest BCUT2D eigenvalue weighted by atomic mass is 9.71. The minimum Gasteiger partial charge on any atom is -0.389 e. The molecule has 1 aliphatic heterocycles. The van der Waals surface area contributed by atoms with Gasteiger partial charge in [0.05, 0.1) is 5.60 Å². The van der Waals surface area contributed by atoms with Crippen molar-refractivity contribution in [2.24, 2.45) is 5.92 Å². The monoisotopic (exact) mass is 285 g/mol. The number of piperidine rings is 1. The number of nitrogens with zero attached hydrogens (tertiary/aromatic N) is 1. The third-order valence-corrected chi connectivity index (χ3v) is 4.96. The summed E-state index contributed by atoms with van der Waals surface area (Å²) >= 11 is 0. The smallest absolute Gasteiger partial charge is 0.246 e. The molecule has 0 bridgehead atoms. The maximum atomic E-state index is 12.3. The maximum Gasteiger partial charge on any atom is 0.246 e. The number of aliphatic hydroxyl groups is 1. The molecule has 3 nitrogen and oxygen atoms in total. The molecule has 3 heteroatoms. The molecule has 1 aromatic rings. The number of fused-ring (bicyclic) bond motifs is 1. The van der Waals surface area contributed by atoms with E-state index in [1.807, 2.05) is 41.3 Å². The lowest BCUT2D eigenvalue weighted by Gasteiger charge is -2.47. The maximum absolute atomic E-state index is 12.3. The minimum atomic E-state index is -0.516. The molecule has 1 saturated carbocycles. The Morgan fingerprint density at radius 2 is 2.05 bits per heavy atom. The highest BCUT2D eigenvalue weighted by Gasteiger charge is 2.43. The molecular weight excluding hydrogens is 262 g/mol. The molecule has 0 spiro atoms. The van der Waals surface area contributed by atoms with Gasteiger partial charge in [-0.3, -0.25) is 4.79 Å². The molecule has 2 aliphatic rings. The van der Waals surface area contributed by atoms with Crippen LogP contribution in [0.2, 0.25) is 0 Å². The van der Waals surface area contributed by atoms with Gasteiger partial charge in [0.15, 0.2) is 0 Å². The van der Waals surface area contributed by atoms with E-state index in [0.717, 1.165) is 31.2 Å². The van der Waals surface area contributed by atoms with E-state index in [1.54, 1.807) is 6.08 Å². The van der Waals surface area contributed by atoms with Crippen LogP contribution in [-0.4, -0.2) is 34.6 Å². The zero-order chi connectivity index (χ0) is 14.7. The second-order valence-electron chi connectivity index (χ2n) is 6.32. The Hall–Kier alpha value is -1.61. The molecule has 112 valence electrons. The summed E-state index contributed by atoms with van der Waals surface area (Å²) in [5.41, 5.74) is 0.523. The molecule has 1 aliphatic carbocycles. The predicted molar refractivity (Wildman–Crippen MR) is 83.6 cm³/mol. The molecule has 1 amide bonds. The molecule has 2 atom stereocenters. The topological polar surface area (TPSA) is 40.5 Å². The quantitative estimate of drug-likeness (QED) is 0.849. The van der Waals surface area contributed by atoms with Crippen molar-refractivity contribution in [2.75, 3.05) is 13.1 Å². The third kappa shape index (κ3) is 3.18. The Morgan fingerprint density at radius 3 is 2.86 bits per heavy atom. The first-order valence-corrected chi connectivity index (χ1v) is 7.92. The molecule has 0 unspecified atom stereocenters. The van der Waals surface area contributed by atoms with Crippen molar-refractivity contribution in [1.29, 1.82) is 0 Å². The lowest BCUT2D eigenvalue weighted by Crippen LogP contribution is -2.54. The Balaban J connectivity index is 1.62. The molecule has 1 saturated heterocycles. The van der Waals surface area contributed by atoms with Gasteiger partial charge in [-0.05, 0) is 30.9 Å². The summed E-state index contributed by atoms with van der Waals surface area (Å²) in [4.78, 5) is 14.2. The SMILES string of the molecule is O=C(/C=C/c1ccccc1)N1CC[C@@]2(O)CCCC[C@@H]2C1. The second-order valence-corrected chi connectivity index (χ2v) is 6.32. The van der Waals surface area contributed by atoms with Crippen LogP contribution in [0.1, 0.15) is 37.7 Å². The Kier molecular flexibility index (Phi) is 4.11. The largest absolute Gasteiger partial charge is 0.389 e. The van der Waals surface area contributed by atoms with Crippen molar-refractivity contribution in [3.63, 3.8) is 0 Å². The fourth-order valence-electron chi connectivity index (χ4n) is 3.61. The van der Waals surface area contributed by atoms with Crippen LogP contribution in [0, 0.1) is 5.92 Å². The molecule has 1 N–H and O–H groups in total. The molecule has 1 aromatic carbocycles. The summed E-state index contributed by atoms with van der Waals surface area (Å²) in [5.74, 6) is 0.320. The summed E-state index contributed by atoms with van der Waals surface area (Å²) in [6, 6.07) is 9.87. The van der Waals surface area contributed by atoms with Gasteiger partial charge in [-0.15, -0.1) is 0 Å². The average molecular weight is 285 g/mol. The minimum absolute atomic E-state index is 0.0616. The molecule has 0 radical (unpaired) electrons. The fourth-order valence-corrected chi connectivity index (χ4v) is 3.61. The van der Waals surface area contributed by atoms with Crippen molar-refractivity contribution in [1.82, 2.24) is 4.90 Å². The third-order valence-electron chi connectivity index (χ3n) is 4.96. The number of benzene rings is 1. The number of amides is 1. The Morgan fingerprint density at radius 1 is 1.24 bits per heavy atom. The highest BCUT2D eigenvalue weighted by Crippen LogP contribution is 2.39. The fraction of sp³-hybridized carbons (Fsp3) is 0.500. The second kappa shape index (κ2) is 6.02. The van der Waals surface area contributed by atoms with Crippen LogP contribution in [-0.2, 0) is 4.79 Å². The van der Waals surface area contributed by atoms with Gasteiger partial charge in [0.2, 0.25) is 5.91 Å². The Bertz CT molecular complexity index is 525. The van der Waals surface area contributed by atoms with Gasteiger partial charge < -0.3 is 10.0 Å². The van der Waals surface area contributed by atoms with E-state index in [2.05, 4.69) is 0 Å². The zero-order valence-corrected chi connectivity index (χ0v) is 12.4. The number of rotatable bonds is 2. The normalized spacial score (nSPS) is 29.4. The summed E-state index contributed by atoms with van der Waals surface area (Å²) in [5, 5.41) is 10.6. The van der Waals surface area contributed by atoms with Crippen LogP contribution < -0.4 is 0 Å². The first-order valence-electron chi connectivity index (χ1n) is 7.92. The summed E-state index contributed by atoms with van der Waals surface area (Å²) in [6.45, 7) is 1.37. The number of likely N-dealkylation sites (tertiary alicyclic amines) is 1. The van der Waals surface area contributed by atoms with Gasteiger partial charge in [-0.2, -0.15) is 0 Å². The van der Waals surface area contributed by atoms with Crippen LogP contribution >= 0.6 is 0 Å². The van der Waals surface area contributed by atoms with Crippen LogP contribution in [0.25, 0.3) is 6.08 Å². The van der Waals surface area contributed by atoms with Gasteiger partial charge >= 0.3 is 0 Å². The van der Waals surface area contributed by atoms with E-state index in [-0.39, 0.29) is 11.8 Å². The van der Waals surface area contributed by atoms with Crippen LogP contribution in [0.15, 0.2) is 36.4 Å². The molecule has 3 rings (SSSR count). The van der Waals surface area contributed by atoms with Crippen LogP contribution in [0.5, 0.6) is 0 Å². The van der Waals surface area contributed by atoms with Crippen molar-refractivity contribution in [2.45, 2.75) is 37.7 Å². The van der Waals surface area contributed by atoms with E-state index in [9.17, 15) is 9.90 Å². The van der Waals surface area contributed by atoms with Crippen molar-refractivity contribution in [3.05, 3.63) is 42.0 Å². The van der Waals surface area contributed by atoms with E-state index < -0.39 is 5.60 Å². The van der Waals surface area contributed by atoms with E-state index in [0.29, 0.717) is 13.1 Å². The van der Waals surface area contributed by atoms with Crippen molar-refractivity contribution >= 4 is 12.0 Å². The van der Waals surface area contributed by atoms with Crippen LogP contribution in [0.4, 0.5) is 0 Å². The highest BCUT2D eigenvalue weighted by molar-refractivity contribution is 5.91. The lowest BCUT2D eigenvalue weighted by molar-refractivity contribution is -0.138. The highest BCUT2D eigenvalue weighted by atomic mass is 16.3. The number of hydrogen-bond acceptors (Lipinski definition) is 2. The summed E-state index contributed by atoms with van der Waals surface area (Å²) in [6.07, 6.45) is 8.49. The molecule has 21 heavy (non-hydrogen) atoms. The number of hydrogen-bond donors (Lipinski definition) is 1. The molecular formula is C18H23NO2. The Labute approximate surface area is 126 Å². The van der Waals surface area contributed by atoms with Crippen LogP contribution in [0.3, 0.4) is 0 Å². The molecule has 2 fully saturated rings.